The van der Waals surface area contributed by atoms with Crippen molar-refractivity contribution in [1.82, 2.24) is 4.90 Å². The number of ether oxygens (including phenoxy) is 1. The summed E-state index contributed by atoms with van der Waals surface area (Å²) in [5.41, 5.74) is 1.09. The summed E-state index contributed by atoms with van der Waals surface area (Å²) in [7, 11) is 1.68. The molecule has 1 aliphatic rings. The number of likely N-dealkylation sites (N-methyl/N-ethyl adjacent to an activating group) is 1. The molecule has 0 radical (unpaired) electrons. The zero-order valence-corrected chi connectivity index (χ0v) is 13.2. The third-order valence-electron chi connectivity index (χ3n) is 3.51. The summed E-state index contributed by atoms with van der Waals surface area (Å²) in [6.07, 6.45) is 0. The number of nitrogens with two attached hydrogens (primary N) is 1. The van der Waals surface area contributed by atoms with E-state index < -0.39 is 0 Å². The molecule has 0 bridgehead atoms. The Morgan fingerprint density at radius 2 is 2.15 bits per heavy atom. The van der Waals surface area contributed by atoms with Crippen LogP contribution in [0, 0.1) is 0 Å². The maximum Gasteiger partial charge on any atom is 0.236 e. The molecule has 0 aliphatic carbocycles. The van der Waals surface area contributed by atoms with E-state index in [1.807, 2.05) is 30.0 Å². The van der Waals surface area contributed by atoms with Gasteiger partial charge in [-0.25, -0.2) is 0 Å². The van der Waals surface area contributed by atoms with Crippen molar-refractivity contribution in [3.63, 3.8) is 0 Å². The van der Waals surface area contributed by atoms with E-state index in [0.717, 1.165) is 30.9 Å². The lowest BCUT2D eigenvalue weighted by Gasteiger charge is -2.24. The van der Waals surface area contributed by atoms with Crippen molar-refractivity contribution in [2.75, 3.05) is 26.7 Å². The van der Waals surface area contributed by atoms with Crippen molar-refractivity contribution >= 4 is 17.7 Å². The molecule has 1 saturated heterocycles. The van der Waals surface area contributed by atoms with Crippen molar-refractivity contribution < 1.29 is 14.8 Å². The zero-order chi connectivity index (χ0) is 14.5. The molecule has 4 nitrogen and oxygen atoms in total. The number of amides is 1. The summed E-state index contributed by atoms with van der Waals surface area (Å²) < 4.78 is 5.44. The Morgan fingerprint density at radius 3 is 2.85 bits per heavy atom. The van der Waals surface area contributed by atoms with Gasteiger partial charge in [0.25, 0.3) is 0 Å². The van der Waals surface area contributed by atoms with Gasteiger partial charge in [-0.05, 0) is 19.9 Å². The summed E-state index contributed by atoms with van der Waals surface area (Å²) in [6, 6.07) is 7.97. The highest BCUT2D eigenvalue weighted by atomic mass is 32.2. The van der Waals surface area contributed by atoms with Crippen LogP contribution in [0.5, 0.6) is 5.75 Å². The van der Waals surface area contributed by atoms with E-state index >= 15 is 0 Å². The average Bonchev–Trinajstić information content (AvgIpc) is 2.75. The Balaban J connectivity index is 2.21. The fraction of sp³-hybridized carbons (Fsp3) is 0.533. The molecule has 1 heterocycles. The summed E-state index contributed by atoms with van der Waals surface area (Å²) in [4.78, 5) is 14.3. The molecule has 2 N–H and O–H groups in total. The Bertz CT molecular complexity index is 467. The van der Waals surface area contributed by atoms with Gasteiger partial charge in [-0.3, -0.25) is 4.79 Å². The number of thioether (sulfide) groups is 1. The fourth-order valence-electron chi connectivity index (χ4n) is 2.45. The number of rotatable bonds is 6. The topological polar surface area (TPSA) is 46.2 Å². The number of methoxy groups -OCH3 is 1. The van der Waals surface area contributed by atoms with E-state index in [9.17, 15) is 4.79 Å². The van der Waals surface area contributed by atoms with Crippen LogP contribution in [0.3, 0.4) is 0 Å². The summed E-state index contributed by atoms with van der Waals surface area (Å²) in [5, 5.41) is 2.31. The van der Waals surface area contributed by atoms with Gasteiger partial charge in [0.05, 0.1) is 32.0 Å². The molecule has 1 aromatic carbocycles. The van der Waals surface area contributed by atoms with Crippen molar-refractivity contribution in [3.05, 3.63) is 29.8 Å². The second kappa shape index (κ2) is 6.99. The molecule has 1 fully saturated rings. The van der Waals surface area contributed by atoms with E-state index in [0.29, 0.717) is 0 Å². The molecular weight excluding hydrogens is 272 g/mol. The van der Waals surface area contributed by atoms with Crippen molar-refractivity contribution in [1.29, 1.82) is 0 Å². The Hall–Kier alpha value is -1.20. The summed E-state index contributed by atoms with van der Waals surface area (Å²) in [5.74, 6) is 1.09. The molecular formula is C15H23N2O2S+. The summed E-state index contributed by atoms with van der Waals surface area (Å²) in [6.45, 7) is 6.89. The molecule has 0 aromatic heterocycles. The van der Waals surface area contributed by atoms with Crippen LogP contribution in [0.1, 0.15) is 24.8 Å². The molecule has 2 rings (SSSR count). The highest BCUT2D eigenvalue weighted by molar-refractivity contribution is 8.01. The number of nitrogens with zero attached hydrogens (tertiary/aromatic N) is 1. The van der Waals surface area contributed by atoms with Gasteiger partial charge in [0.2, 0.25) is 5.91 Å². The first-order chi connectivity index (χ1) is 9.69. The van der Waals surface area contributed by atoms with E-state index in [1.165, 1.54) is 0 Å². The van der Waals surface area contributed by atoms with Crippen LogP contribution in [0.15, 0.2) is 24.3 Å². The highest BCUT2D eigenvalue weighted by Gasteiger charge is 2.39. The number of benzene rings is 1. The Labute approximate surface area is 124 Å². The van der Waals surface area contributed by atoms with E-state index in [4.69, 9.17) is 4.74 Å². The molecule has 0 spiro atoms. The van der Waals surface area contributed by atoms with Gasteiger partial charge >= 0.3 is 0 Å². The zero-order valence-electron chi connectivity index (χ0n) is 12.3. The van der Waals surface area contributed by atoms with Gasteiger partial charge in [0, 0.05) is 5.56 Å². The summed E-state index contributed by atoms with van der Waals surface area (Å²) >= 11 is 1.70. The molecule has 5 heteroatoms. The van der Waals surface area contributed by atoms with Crippen LogP contribution >= 0.6 is 11.8 Å². The second-order valence-corrected chi connectivity index (χ2v) is 6.32. The largest absolute Gasteiger partial charge is 0.496 e. The van der Waals surface area contributed by atoms with Gasteiger partial charge in [0.1, 0.15) is 11.1 Å². The molecule has 1 amide bonds. The minimum atomic E-state index is 0.0199. The number of hydrogen-bond donors (Lipinski definition) is 1. The van der Waals surface area contributed by atoms with Crippen LogP contribution in [0.4, 0.5) is 0 Å². The quantitative estimate of drug-likeness (QED) is 0.803. The smallest absolute Gasteiger partial charge is 0.236 e. The monoisotopic (exact) mass is 295 g/mol. The number of carbonyl (C=O) groups is 1. The minimum absolute atomic E-state index is 0.0199. The SMILES string of the molecule is CC[NH2+]CCN1C(=O)[C@@H](C)S[C@@H]1c1ccccc1OC. The second-order valence-electron chi connectivity index (χ2n) is 4.89. The maximum atomic E-state index is 12.3. The van der Waals surface area contributed by atoms with E-state index in [1.54, 1.807) is 18.9 Å². The standard InChI is InChI=1S/C15H22N2O2S/c1-4-16-9-10-17-14(18)11(2)20-15(17)12-7-5-6-8-13(12)19-3/h5-8,11,15-16H,4,9-10H2,1-3H3/p+1/t11-,15-/m1/s1. The van der Waals surface area contributed by atoms with Crippen LogP contribution < -0.4 is 10.1 Å². The normalized spacial score (nSPS) is 22.4. The third-order valence-corrected chi connectivity index (χ3v) is 4.89. The molecule has 110 valence electrons. The van der Waals surface area contributed by atoms with Crippen LogP contribution in [0.25, 0.3) is 0 Å². The number of quaternary nitrogens is 1. The molecule has 0 unspecified atom stereocenters. The number of carbonyl (C=O) groups excluding carboxylic acids is 1. The maximum absolute atomic E-state index is 12.3. The predicted octanol–water partition coefficient (Wildman–Crippen LogP) is 1.24. The first kappa shape index (κ1) is 15.2. The highest BCUT2D eigenvalue weighted by Crippen LogP contribution is 2.45. The average molecular weight is 295 g/mol. The fourth-order valence-corrected chi connectivity index (χ4v) is 3.78. The van der Waals surface area contributed by atoms with Gasteiger partial charge in [-0.1, -0.05) is 18.2 Å². The molecule has 2 atom stereocenters. The lowest BCUT2D eigenvalue weighted by molar-refractivity contribution is -0.651. The molecule has 1 aromatic rings. The van der Waals surface area contributed by atoms with E-state index in [2.05, 4.69) is 18.3 Å². The van der Waals surface area contributed by atoms with Crippen molar-refractivity contribution in [2.24, 2.45) is 0 Å². The third kappa shape index (κ3) is 3.10. The number of para-hydroxylation sites is 1. The molecule has 0 saturated carbocycles. The first-order valence-corrected chi connectivity index (χ1v) is 8.03. The first-order valence-electron chi connectivity index (χ1n) is 7.09. The van der Waals surface area contributed by atoms with Crippen LogP contribution in [-0.4, -0.2) is 42.8 Å². The van der Waals surface area contributed by atoms with Gasteiger partial charge in [-0.2, -0.15) is 0 Å². The van der Waals surface area contributed by atoms with Crippen LogP contribution in [-0.2, 0) is 4.79 Å². The van der Waals surface area contributed by atoms with Gasteiger partial charge in [0.15, 0.2) is 0 Å². The van der Waals surface area contributed by atoms with Crippen LogP contribution in [0.2, 0.25) is 0 Å². The van der Waals surface area contributed by atoms with E-state index in [-0.39, 0.29) is 16.5 Å². The number of hydrogen-bond acceptors (Lipinski definition) is 3. The lowest BCUT2D eigenvalue weighted by atomic mass is 10.1. The van der Waals surface area contributed by atoms with Crippen molar-refractivity contribution in [3.8, 4) is 5.75 Å². The Kier molecular flexibility index (Phi) is 5.31. The molecule has 1 aliphatic heterocycles. The van der Waals surface area contributed by atoms with Gasteiger partial charge < -0.3 is 15.0 Å². The molecule has 20 heavy (non-hydrogen) atoms. The lowest BCUT2D eigenvalue weighted by Crippen LogP contribution is -2.85. The minimum Gasteiger partial charge on any atom is -0.496 e. The van der Waals surface area contributed by atoms with Crippen molar-refractivity contribution in [2.45, 2.75) is 24.5 Å². The van der Waals surface area contributed by atoms with Gasteiger partial charge in [-0.15, -0.1) is 11.8 Å². The predicted molar refractivity (Wildman–Crippen MR) is 81.8 cm³/mol. The Morgan fingerprint density at radius 1 is 1.40 bits per heavy atom.